The Morgan fingerprint density at radius 1 is 1.44 bits per heavy atom. The van der Waals surface area contributed by atoms with Gasteiger partial charge in [0.15, 0.2) is 0 Å². The first-order valence-electron chi connectivity index (χ1n) is 5.64. The van der Waals surface area contributed by atoms with E-state index in [4.69, 9.17) is 5.26 Å². The van der Waals surface area contributed by atoms with Gasteiger partial charge in [0, 0.05) is 13.1 Å². The fourth-order valence-electron chi connectivity index (χ4n) is 1.59. The number of hydrogen-bond donors (Lipinski definition) is 0. The van der Waals surface area contributed by atoms with Crippen LogP contribution in [0.15, 0.2) is 18.2 Å². The highest BCUT2D eigenvalue weighted by Crippen LogP contribution is 2.15. The fourth-order valence-corrected chi connectivity index (χ4v) is 1.59. The number of carbonyl (C=O) groups is 1. The third-order valence-corrected chi connectivity index (χ3v) is 2.56. The molecule has 1 aromatic carbocycles. The third-order valence-electron chi connectivity index (χ3n) is 2.56. The predicted molar refractivity (Wildman–Crippen MR) is 62.7 cm³/mol. The summed E-state index contributed by atoms with van der Waals surface area (Å²) in [5, 5.41) is 8.70. The van der Waals surface area contributed by atoms with Crippen LogP contribution < -0.4 is 0 Å². The minimum Gasteiger partial charge on any atom is -0.337 e. The molecule has 1 rings (SSSR count). The first-order chi connectivity index (χ1) is 8.51. The van der Waals surface area contributed by atoms with E-state index in [2.05, 4.69) is 0 Å². The summed E-state index contributed by atoms with van der Waals surface area (Å²) in [6, 6.07) is 5.27. The summed E-state index contributed by atoms with van der Waals surface area (Å²) in [5.41, 5.74) is -0.565. The normalized spacial score (nSPS) is 11.7. The van der Waals surface area contributed by atoms with Crippen molar-refractivity contribution in [2.75, 3.05) is 13.1 Å². The van der Waals surface area contributed by atoms with E-state index in [1.807, 2.05) is 6.07 Å². The number of halogens is 2. The van der Waals surface area contributed by atoms with Gasteiger partial charge < -0.3 is 4.90 Å². The van der Waals surface area contributed by atoms with Crippen LogP contribution in [0.4, 0.5) is 8.78 Å². The molecule has 96 valence electrons. The molecule has 1 atom stereocenters. The highest BCUT2D eigenvalue weighted by atomic mass is 19.1. The topological polar surface area (TPSA) is 44.1 Å². The van der Waals surface area contributed by atoms with Crippen LogP contribution in [-0.2, 0) is 0 Å². The number of rotatable bonds is 4. The smallest absolute Gasteiger partial charge is 0.259 e. The van der Waals surface area contributed by atoms with Crippen LogP contribution in [0.25, 0.3) is 0 Å². The summed E-state index contributed by atoms with van der Waals surface area (Å²) in [4.78, 5) is 13.3. The molecule has 0 fully saturated rings. The van der Waals surface area contributed by atoms with Crippen LogP contribution in [0.1, 0.15) is 24.2 Å². The summed E-state index contributed by atoms with van der Waals surface area (Å²) in [5.74, 6) is -2.88. The summed E-state index contributed by atoms with van der Waals surface area (Å²) >= 11 is 0. The van der Waals surface area contributed by atoms with E-state index < -0.39 is 23.1 Å². The van der Waals surface area contributed by atoms with E-state index in [1.165, 1.54) is 11.0 Å². The zero-order chi connectivity index (χ0) is 13.7. The predicted octanol–water partition coefficient (Wildman–Crippen LogP) is 2.59. The van der Waals surface area contributed by atoms with E-state index >= 15 is 0 Å². The van der Waals surface area contributed by atoms with Gasteiger partial charge >= 0.3 is 0 Å². The van der Waals surface area contributed by atoms with E-state index in [0.717, 1.165) is 12.1 Å². The van der Waals surface area contributed by atoms with Gasteiger partial charge in [-0.1, -0.05) is 6.07 Å². The first-order valence-corrected chi connectivity index (χ1v) is 5.64. The summed E-state index contributed by atoms with van der Waals surface area (Å²) < 4.78 is 26.9. The van der Waals surface area contributed by atoms with Crippen molar-refractivity contribution in [3.63, 3.8) is 0 Å². The molecule has 0 radical (unpaired) electrons. The molecular formula is C13H14F2N2O. The fraction of sp³-hybridized carbons (Fsp3) is 0.385. The Labute approximate surface area is 105 Å². The second-order valence-electron chi connectivity index (χ2n) is 3.97. The number of nitriles is 1. The zero-order valence-electron chi connectivity index (χ0n) is 10.3. The molecule has 0 aliphatic heterocycles. The molecule has 0 aromatic heterocycles. The van der Waals surface area contributed by atoms with Crippen LogP contribution in [0.2, 0.25) is 0 Å². The first kappa shape index (κ1) is 14.1. The maximum atomic E-state index is 13.5. The monoisotopic (exact) mass is 252 g/mol. The second-order valence-corrected chi connectivity index (χ2v) is 3.97. The maximum absolute atomic E-state index is 13.5. The van der Waals surface area contributed by atoms with Gasteiger partial charge in [0.25, 0.3) is 5.91 Å². The molecule has 0 saturated heterocycles. The van der Waals surface area contributed by atoms with Crippen molar-refractivity contribution >= 4 is 5.91 Å². The SMILES string of the molecule is CCN(CC(C)C#N)C(=O)c1c(F)cccc1F. The van der Waals surface area contributed by atoms with Gasteiger partial charge in [-0.25, -0.2) is 8.78 Å². The molecule has 1 unspecified atom stereocenters. The molecule has 1 amide bonds. The average Bonchev–Trinajstić information content (AvgIpc) is 2.35. The van der Waals surface area contributed by atoms with Crippen molar-refractivity contribution in [1.82, 2.24) is 4.90 Å². The Morgan fingerprint density at radius 2 is 2.00 bits per heavy atom. The van der Waals surface area contributed by atoms with Gasteiger partial charge in [-0.3, -0.25) is 4.79 Å². The Hall–Kier alpha value is -1.96. The molecule has 18 heavy (non-hydrogen) atoms. The van der Waals surface area contributed by atoms with E-state index in [-0.39, 0.29) is 12.5 Å². The average molecular weight is 252 g/mol. The molecule has 0 saturated carbocycles. The largest absolute Gasteiger partial charge is 0.337 e. The minimum absolute atomic E-state index is 0.152. The molecule has 0 aliphatic rings. The van der Waals surface area contributed by atoms with Crippen molar-refractivity contribution in [2.24, 2.45) is 5.92 Å². The lowest BCUT2D eigenvalue weighted by molar-refractivity contribution is 0.0743. The van der Waals surface area contributed by atoms with Crippen LogP contribution in [-0.4, -0.2) is 23.9 Å². The van der Waals surface area contributed by atoms with Crippen molar-refractivity contribution < 1.29 is 13.6 Å². The standard InChI is InChI=1S/C13H14F2N2O/c1-3-17(8-9(2)7-16)13(18)12-10(14)5-4-6-11(12)15/h4-6,9H,3,8H2,1-2H3. The summed E-state index contributed by atoms with van der Waals surface area (Å²) in [6.07, 6.45) is 0. The molecule has 0 heterocycles. The summed E-state index contributed by atoms with van der Waals surface area (Å²) in [7, 11) is 0. The van der Waals surface area contributed by atoms with Crippen molar-refractivity contribution in [2.45, 2.75) is 13.8 Å². The zero-order valence-corrected chi connectivity index (χ0v) is 10.3. The molecule has 0 N–H and O–H groups in total. The van der Waals surface area contributed by atoms with Crippen molar-refractivity contribution in [1.29, 1.82) is 5.26 Å². The van der Waals surface area contributed by atoms with Crippen molar-refractivity contribution in [3.8, 4) is 6.07 Å². The Bertz CT molecular complexity index is 462. The van der Waals surface area contributed by atoms with Crippen LogP contribution in [0, 0.1) is 28.9 Å². The quantitative estimate of drug-likeness (QED) is 0.826. The van der Waals surface area contributed by atoms with Gasteiger partial charge in [0.05, 0.1) is 12.0 Å². The lowest BCUT2D eigenvalue weighted by atomic mass is 10.1. The lowest BCUT2D eigenvalue weighted by Gasteiger charge is -2.22. The Morgan fingerprint density at radius 3 is 2.44 bits per heavy atom. The van der Waals surface area contributed by atoms with E-state index in [9.17, 15) is 13.6 Å². The van der Waals surface area contributed by atoms with E-state index in [0.29, 0.717) is 6.54 Å². The molecule has 3 nitrogen and oxygen atoms in total. The Kier molecular flexibility index (Phi) is 4.78. The maximum Gasteiger partial charge on any atom is 0.259 e. The molecule has 1 aromatic rings. The highest BCUT2D eigenvalue weighted by molar-refractivity contribution is 5.94. The molecule has 0 bridgehead atoms. The van der Waals surface area contributed by atoms with Crippen LogP contribution in [0.5, 0.6) is 0 Å². The van der Waals surface area contributed by atoms with Crippen LogP contribution >= 0.6 is 0 Å². The number of nitrogens with zero attached hydrogens (tertiary/aromatic N) is 2. The van der Waals surface area contributed by atoms with Gasteiger partial charge in [-0.05, 0) is 26.0 Å². The molecule has 0 spiro atoms. The van der Waals surface area contributed by atoms with Crippen molar-refractivity contribution in [3.05, 3.63) is 35.4 Å². The van der Waals surface area contributed by atoms with Gasteiger partial charge in [-0.15, -0.1) is 0 Å². The van der Waals surface area contributed by atoms with E-state index in [1.54, 1.807) is 13.8 Å². The second kappa shape index (κ2) is 6.10. The van der Waals surface area contributed by atoms with Crippen LogP contribution in [0.3, 0.4) is 0 Å². The third kappa shape index (κ3) is 3.04. The molecular weight excluding hydrogens is 238 g/mol. The number of carbonyl (C=O) groups excluding carboxylic acids is 1. The van der Waals surface area contributed by atoms with Gasteiger partial charge in [0.2, 0.25) is 0 Å². The highest BCUT2D eigenvalue weighted by Gasteiger charge is 2.23. The number of hydrogen-bond acceptors (Lipinski definition) is 2. The van der Waals surface area contributed by atoms with Gasteiger partial charge in [-0.2, -0.15) is 5.26 Å². The Balaban J connectivity index is 3.01. The lowest BCUT2D eigenvalue weighted by Crippen LogP contribution is -2.35. The summed E-state index contributed by atoms with van der Waals surface area (Å²) in [6.45, 7) is 3.78. The molecule has 5 heteroatoms. The van der Waals surface area contributed by atoms with Gasteiger partial charge in [0.1, 0.15) is 17.2 Å². The minimum atomic E-state index is -0.886. The molecule has 0 aliphatic carbocycles. The number of amides is 1. The number of benzene rings is 1.